The molecule has 0 saturated heterocycles. The van der Waals surface area contributed by atoms with Crippen LogP contribution in [0.25, 0.3) is 0 Å². The van der Waals surface area contributed by atoms with Crippen LogP contribution in [-0.4, -0.2) is 25.5 Å². The van der Waals surface area contributed by atoms with E-state index in [0.717, 1.165) is 17.0 Å². The standard InChI is InChI=1S/C17H18ClN5O/c1-12-7-8-19-22(12)11-17(24)20-16-9-13(2)23(21-16)10-14-5-3-4-6-15(14)18/h3-9H,10-11H2,1-2H3,(H,20,21,24). The predicted molar refractivity (Wildman–Crippen MR) is 93.1 cm³/mol. The van der Waals surface area contributed by atoms with Crippen molar-refractivity contribution in [1.29, 1.82) is 0 Å². The van der Waals surface area contributed by atoms with E-state index in [4.69, 9.17) is 11.6 Å². The number of hydrogen-bond donors (Lipinski definition) is 1. The summed E-state index contributed by atoms with van der Waals surface area (Å²) in [5.74, 6) is 0.360. The number of halogens is 1. The van der Waals surface area contributed by atoms with Gasteiger partial charge in [-0.25, -0.2) is 0 Å². The molecule has 2 heterocycles. The number of rotatable bonds is 5. The molecule has 0 aliphatic rings. The van der Waals surface area contributed by atoms with Crippen LogP contribution in [0.1, 0.15) is 17.0 Å². The Hall–Kier alpha value is -2.60. The molecule has 7 heteroatoms. The molecule has 0 atom stereocenters. The van der Waals surface area contributed by atoms with E-state index in [1.165, 1.54) is 0 Å². The van der Waals surface area contributed by atoms with Crippen molar-refractivity contribution in [2.24, 2.45) is 0 Å². The molecular weight excluding hydrogens is 326 g/mol. The summed E-state index contributed by atoms with van der Waals surface area (Å²) in [4.78, 5) is 12.1. The molecule has 0 saturated carbocycles. The van der Waals surface area contributed by atoms with E-state index in [-0.39, 0.29) is 12.5 Å². The Morgan fingerprint density at radius 1 is 1.17 bits per heavy atom. The molecule has 0 fully saturated rings. The normalized spacial score (nSPS) is 10.8. The molecule has 1 N–H and O–H groups in total. The zero-order valence-corrected chi connectivity index (χ0v) is 14.3. The van der Waals surface area contributed by atoms with Crippen LogP contribution in [0, 0.1) is 13.8 Å². The number of nitrogens with zero attached hydrogens (tertiary/aromatic N) is 4. The second-order valence-electron chi connectivity index (χ2n) is 5.60. The third kappa shape index (κ3) is 3.65. The van der Waals surface area contributed by atoms with Crippen LogP contribution in [0.15, 0.2) is 42.6 Å². The van der Waals surface area contributed by atoms with Crippen LogP contribution < -0.4 is 5.32 Å². The maximum atomic E-state index is 12.1. The first kappa shape index (κ1) is 16.3. The van der Waals surface area contributed by atoms with Crippen molar-refractivity contribution < 1.29 is 4.79 Å². The number of hydrogen-bond acceptors (Lipinski definition) is 3. The van der Waals surface area contributed by atoms with Gasteiger partial charge in [0.05, 0.1) is 6.54 Å². The van der Waals surface area contributed by atoms with Crippen molar-refractivity contribution in [3.8, 4) is 0 Å². The Balaban J connectivity index is 1.69. The van der Waals surface area contributed by atoms with E-state index >= 15 is 0 Å². The number of amides is 1. The van der Waals surface area contributed by atoms with Crippen molar-refractivity contribution in [3.63, 3.8) is 0 Å². The average Bonchev–Trinajstić information content (AvgIpc) is 3.08. The fraction of sp³-hybridized carbons (Fsp3) is 0.235. The third-order valence-electron chi connectivity index (χ3n) is 3.75. The average molecular weight is 344 g/mol. The van der Waals surface area contributed by atoms with Gasteiger partial charge >= 0.3 is 0 Å². The number of aryl methyl sites for hydroxylation is 2. The van der Waals surface area contributed by atoms with Crippen LogP contribution in [-0.2, 0) is 17.9 Å². The van der Waals surface area contributed by atoms with Gasteiger partial charge in [0.2, 0.25) is 5.91 Å². The van der Waals surface area contributed by atoms with Crippen LogP contribution in [0.5, 0.6) is 0 Å². The lowest BCUT2D eigenvalue weighted by atomic mass is 10.2. The number of carbonyl (C=O) groups is 1. The number of aromatic nitrogens is 4. The molecule has 0 aliphatic heterocycles. The highest BCUT2D eigenvalue weighted by Gasteiger charge is 2.11. The summed E-state index contributed by atoms with van der Waals surface area (Å²) in [6, 6.07) is 11.3. The fourth-order valence-electron chi connectivity index (χ4n) is 2.40. The molecular formula is C17H18ClN5O. The summed E-state index contributed by atoms with van der Waals surface area (Å²) in [5.41, 5.74) is 2.86. The van der Waals surface area contributed by atoms with Gasteiger partial charge in [-0.1, -0.05) is 29.8 Å². The lowest BCUT2D eigenvalue weighted by molar-refractivity contribution is -0.117. The molecule has 1 aromatic carbocycles. The molecule has 3 rings (SSSR count). The number of carbonyl (C=O) groups excluding carboxylic acids is 1. The van der Waals surface area contributed by atoms with E-state index in [9.17, 15) is 4.79 Å². The summed E-state index contributed by atoms with van der Waals surface area (Å²) < 4.78 is 3.46. The molecule has 2 aromatic heterocycles. The third-order valence-corrected chi connectivity index (χ3v) is 4.12. The highest BCUT2D eigenvalue weighted by Crippen LogP contribution is 2.18. The number of nitrogens with one attached hydrogen (secondary N) is 1. The highest BCUT2D eigenvalue weighted by molar-refractivity contribution is 6.31. The number of anilines is 1. The van der Waals surface area contributed by atoms with Gasteiger partial charge in [-0.3, -0.25) is 14.2 Å². The van der Waals surface area contributed by atoms with Crippen LogP contribution in [0.4, 0.5) is 5.82 Å². The van der Waals surface area contributed by atoms with Crippen molar-refractivity contribution in [2.45, 2.75) is 26.9 Å². The molecule has 0 aliphatic carbocycles. The molecule has 24 heavy (non-hydrogen) atoms. The van der Waals surface area contributed by atoms with Gasteiger partial charge in [0.1, 0.15) is 6.54 Å². The van der Waals surface area contributed by atoms with E-state index in [0.29, 0.717) is 17.4 Å². The summed E-state index contributed by atoms with van der Waals surface area (Å²) in [6.07, 6.45) is 1.67. The Morgan fingerprint density at radius 2 is 1.96 bits per heavy atom. The Kier molecular flexibility index (Phi) is 4.66. The molecule has 0 radical (unpaired) electrons. The van der Waals surface area contributed by atoms with Gasteiger partial charge in [0, 0.05) is 28.7 Å². The van der Waals surface area contributed by atoms with Crippen molar-refractivity contribution in [2.75, 3.05) is 5.32 Å². The van der Waals surface area contributed by atoms with Gasteiger partial charge in [-0.05, 0) is 31.5 Å². The first-order chi connectivity index (χ1) is 11.5. The maximum absolute atomic E-state index is 12.1. The smallest absolute Gasteiger partial charge is 0.247 e. The van der Waals surface area contributed by atoms with E-state index in [1.54, 1.807) is 10.9 Å². The molecule has 0 bridgehead atoms. The summed E-state index contributed by atoms with van der Waals surface area (Å²) in [7, 11) is 0. The minimum atomic E-state index is -0.163. The zero-order chi connectivity index (χ0) is 17.1. The van der Waals surface area contributed by atoms with Gasteiger partial charge in [0.15, 0.2) is 5.82 Å². The molecule has 0 spiro atoms. The zero-order valence-electron chi connectivity index (χ0n) is 13.5. The SMILES string of the molecule is Cc1ccnn1CC(=O)Nc1cc(C)n(Cc2ccccc2Cl)n1. The summed E-state index contributed by atoms with van der Waals surface area (Å²) >= 11 is 6.19. The fourth-order valence-corrected chi connectivity index (χ4v) is 2.60. The van der Waals surface area contributed by atoms with E-state index in [2.05, 4.69) is 15.5 Å². The number of benzene rings is 1. The first-order valence-corrected chi connectivity index (χ1v) is 7.97. The summed E-state index contributed by atoms with van der Waals surface area (Å²) in [6.45, 7) is 4.56. The Labute approximate surface area is 145 Å². The first-order valence-electron chi connectivity index (χ1n) is 7.59. The quantitative estimate of drug-likeness (QED) is 0.774. The van der Waals surface area contributed by atoms with E-state index < -0.39 is 0 Å². The lowest BCUT2D eigenvalue weighted by Crippen LogP contribution is -2.20. The van der Waals surface area contributed by atoms with Crippen LogP contribution >= 0.6 is 11.6 Å². The molecule has 6 nitrogen and oxygen atoms in total. The highest BCUT2D eigenvalue weighted by atomic mass is 35.5. The monoisotopic (exact) mass is 343 g/mol. The minimum Gasteiger partial charge on any atom is -0.308 e. The Bertz CT molecular complexity index is 868. The lowest BCUT2D eigenvalue weighted by Gasteiger charge is -2.06. The molecule has 3 aromatic rings. The van der Waals surface area contributed by atoms with Gasteiger partial charge in [-0.2, -0.15) is 10.2 Å². The van der Waals surface area contributed by atoms with E-state index in [1.807, 2.05) is 54.9 Å². The van der Waals surface area contributed by atoms with Crippen molar-refractivity contribution >= 4 is 23.3 Å². The largest absolute Gasteiger partial charge is 0.308 e. The molecule has 124 valence electrons. The second-order valence-corrected chi connectivity index (χ2v) is 6.01. The Morgan fingerprint density at radius 3 is 2.67 bits per heavy atom. The van der Waals surface area contributed by atoms with Gasteiger partial charge in [0.25, 0.3) is 0 Å². The molecule has 0 unspecified atom stereocenters. The maximum Gasteiger partial charge on any atom is 0.247 e. The van der Waals surface area contributed by atoms with Crippen molar-refractivity contribution in [1.82, 2.24) is 19.6 Å². The van der Waals surface area contributed by atoms with Crippen LogP contribution in [0.2, 0.25) is 5.02 Å². The topological polar surface area (TPSA) is 64.7 Å². The molecule has 1 amide bonds. The predicted octanol–water partition coefficient (Wildman–Crippen LogP) is 3.04. The van der Waals surface area contributed by atoms with Gasteiger partial charge in [-0.15, -0.1) is 0 Å². The second kappa shape index (κ2) is 6.88. The van der Waals surface area contributed by atoms with Gasteiger partial charge < -0.3 is 5.32 Å². The minimum absolute atomic E-state index is 0.162. The van der Waals surface area contributed by atoms with Crippen molar-refractivity contribution in [3.05, 3.63) is 64.6 Å². The van der Waals surface area contributed by atoms with Crippen LogP contribution in [0.3, 0.4) is 0 Å². The summed E-state index contributed by atoms with van der Waals surface area (Å²) in [5, 5.41) is 12.0.